The lowest BCUT2D eigenvalue weighted by Gasteiger charge is -2.15. The second-order valence-electron chi connectivity index (χ2n) is 4.39. The first-order chi connectivity index (χ1) is 7.51. The molecule has 0 aromatic heterocycles. The Morgan fingerprint density at radius 2 is 1.81 bits per heavy atom. The van der Waals surface area contributed by atoms with Crippen LogP contribution in [0.3, 0.4) is 0 Å². The van der Waals surface area contributed by atoms with Crippen molar-refractivity contribution in [1.82, 2.24) is 0 Å². The summed E-state index contributed by atoms with van der Waals surface area (Å²) in [6.45, 7) is 1.92. The van der Waals surface area contributed by atoms with Gasteiger partial charge in [-0.05, 0) is 38.3 Å². The van der Waals surface area contributed by atoms with Crippen molar-refractivity contribution in [3.8, 4) is 0 Å². The van der Waals surface area contributed by atoms with Gasteiger partial charge < -0.3 is 5.11 Å². The normalized spacial score (nSPS) is 25.9. The van der Waals surface area contributed by atoms with E-state index in [1.807, 2.05) is 6.92 Å². The van der Waals surface area contributed by atoms with E-state index in [1.165, 1.54) is 0 Å². The van der Waals surface area contributed by atoms with E-state index >= 15 is 0 Å². The Balaban J connectivity index is 2.35. The molecule has 0 amide bonds. The van der Waals surface area contributed by atoms with Gasteiger partial charge in [-0.3, -0.25) is 0 Å². The van der Waals surface area contributed by atoms with Crippen molar-refractivity contribution < 1.29 is 13.5 Å². The van der Waals surface area contributed by atoms with E-state index in [0.29, 0.717) is 17.7 Å². The summed E-state index contributed by atoms with van der Waals surface area (Å²) in [4.78, 5) is 0.323. The maximum absolute atomic E-state index is 12.2. The SMILES string of the molecule is Cc1ccc(S(=O)(=O)[C@H]2CCC[C@H]2O)cc1. The van der Waals surface area contributed by atoms with Crippen molar-refractivity contribution in [2.75, 3.05) is 0 Å². The highest BCUT2D eigenvalue weighted by molar-refractivity contribution is 7.92. The number of aliphatic hydroxyl groups is 1. The van der Waals surface area contributed by atoms with Crippen molar-refractivity contribution in [1.29, 1.82) is 0 Å². The van der Waals surface area contributed by atoms with Crippen LogP contribution in [0.15, 0.2) is 29.2 Å². The Bertz CT molecular complexity index is 462. The summed E-state index contributed by atoms with van der Waals surface area (Å²) in [5, 5.41) is 9.05. The molecule has 3 nitrogen and oxygen atoms in total. The molecule has 16 heavy (non-hydrogen) atoms. The molecule has 0 aliphatic heterocycles. The van der Waals surface area contributed by atoms with Crippen LogP contribution in [-0.4, -0.2) is 24.9 Å². The Labute approximate surface area is 96.0 Å². The minimum Gasteiger partial charge on any atom is -0.392 e. The van der Waals surface area contributed by atoms with Crippen LogP contribution in [0.1, 0.15) is 24.8 Å². The molecule has 0 bridgehead atoms. The molecule has 1 aromatic rings. The molecular formula is C12H16O3S. The van der Waals surface area contributed by atoms with Crippen LogP contribution in [-0.2, 0) is 9.84 Å². The lowest BCUT2D eigenvalue weighted by atomic mass is 10.2. The minimum atomic E-state index is -3.35. The molecule has 0 radical (unpaired) electrons. The minimum absolute atomic E-state index is 0.323. The predicted molar refractivity (Wildman–Crippen MR) is 62.0 cm³/mol. The number of rotatable bonds is 2. The van der Waals surface area contributed by atoms with Gasteiger partial charge in [-0.15, -0.1) is 0 Å². The smallest absolute Gasteiger partial charge is 0.183 e. The summed E-state index contributed by atoms with van der Waals surface area (Å²) in [5.74, 6) is 0. The average Bonchev–Trinajstić information content (AvgIpc) is 2.66. The van der Waals surface area contributed by atoms with Crippen LogP contribution in [0.4, 0.5) is 0 Å². The van der Waals surface area contributed by atoms with Gasteiger partial charge in [0.05, 0.1) is 16.2 Å². The fraction of sp³-hybridized carbons (Fsp3) is 0.500. The zero-order valence-electron chi connectivity index (χ0n) is 9.26. The summed E-state index contributed by atoms with van der Waals surface area (Å²) in [5.41, 5.74) is 1.03. The van der Waals surface area contributed by atoms with E-state index in [-0.39, 0.29) is 0 Å². The average molecular weight is 240 g/mol. The number of aliphatic hydroxyl groups excluding tert-OH is 1. The number of hydrogen-bond donors (Lipinski definition) is 1. The van der Waals surface area contributed by atoms with Gasteiger partial charge in [0, 0.05) is 0 Å². The Morgan fingerprint density at radius 3 is 2.31 bits per heavy atom. The topological polar surface area (TPSA) is 54.4 Å². The predicted octanol–water partition coefficient (Wildman–Crippen LogP) is 1.68. The number of aryl methyl sites for hydroxylation is 1. The highest BCUT2D eigenvalue weighted by Crippen LogP contribution is 2.29. The molecule has 1 N–H and O–H groups in total. The summed E-state index contributed by atoms with van der Waals surface area (Å²) >= 11 is 0. The molecule has 1 aliphatic carbocycles. The third kappa shape index (κ3) is 1.99. The number of benzene rings is 1. The Hall–Kier alpha value is -0.870. The maximum atomic E-state index is 12.2. The Kier molecular flexibility index (Phi) is 3.04. The standard InChI is InChI=1S/C12H16O3S/c1-9-5-7-10(8-6-9)16(14,15)12-4-2-3-11(12)13/h5-8,11-13H,2-4H2,1H3/t11-,12+/m1/s1. The highest BCUT2D eigenvalue weighted by Gasteiger charge is 2.37. The molecule has 2 rings (SSSR count). The third-order valence-electron chi connectivity index (χ3n) is 3.17. The monoisotopic (exact) mass is 240 g/mol. The second kappa shape index (κ2) is 4.18. The van der Waals surface area contributed by atoms with E-state index in [4.69, 9.17) is 0 Å². The first-order valence-electron chi connectivity index (χ1n) is 5.50. The quantitative estimate of drug-likeness (QED) is 0.855. The van der Waals surface area contributed by atoms with E-state index in [1.54, 1.807) is 24.3 Å². The second-order valence-corrected chi connectivity index (χ2v) is 6.56. The van der Waals surface area contributed by atoms with E-state index in [2.05, 4.69) is 0 Å². The maximum Gasteiger partial charge on any atom is 0.183 e. The zero-order valence-corrected chi connectivity index (χ0v) is 10.1. The van der Waals surface area contributed by atoms with Gasteiger partial charge in [-0.1, -0.05) is 17.7 Å². The molecule has 0 saturated heterocycles. The van der Waals surface area contributed by atoms with E-state index in [0.717, 1.165) is 12.0 Å². The fourth-order valence-electron chi connectivity index (χ4n) is 2.17. The van der Waals surface area contributed by atoms with Crippen LogP contribution >= 0.6 is 0 Å². The van der Waals surface area contributed by atoms with Crippen molar-refractivity contribution in [2.45, 2.75) is 42.4 Å². The van der Waals surface area contributed by atoms with Gasteiger partial charge in [-0.2, -0.15) is 0 Å². The molecule has 1 aromatic carbocycles. The van der Waals surface area contributed by atoms with Gasteiger partial charge in [0.1, 0.15) is 0 Å². The summed E-state index contributed by atoms with van der Waals surface area (Å²) in [6.07, 6.45) is 1.25. The number of sulfone groups is 1. The van der Waals surface area contributed by atoms with Gasteiger partial charge in [0.15, 0.2) is 9.84 Å². The summed E-state index contributed by atoms with van der Waals surface area (Å²) < 4.78 is 24.4. The highest BCUT2D eigenvalue weighted by atomic mass is 32.2. The summed E-state index contributed by atoms with van der Waals surface area (Å²) in [7, 11) is -3.35. The lowest BCUT2D eigenvalue weighted by Crippen LogP contribution is -2.29. The van der Waals surface area contributed by atoms with Gasteiger partial charge >= 0.3 is 0 Å². The molecule has 88 valence electrons. The zero-order chi connectivity index (χ0) is 11.8. The molecule has 0 heterocycles. The van der Waals surface area contributed by atoms with Crippen LogP contribution < -0.4 is 0 Å². The molecule has 2 atom stereocenters. The van der Waals surface area contributed by atoms with Crippen molar-refractivity contribution in [3.05, 3.63) is 29.8 Å². The molecule has 0 spiro atoms. The van der Waals surface area contributed by atoms with E-state index < -0.39 is 21.2 Å². The van der Waals surface area contributed by atoms with Crippen molar-refractivity contribution >= 4 is 9.84 Å². The van der Waals surface area contributed by atoms with Crippen LogP contribution in [0.25, 0.3) is 0 Å². The van der Waals surface area contributed by atoms with Gasteiger partial charge in [-0.25, -0.2) is 8.42 Å². The molecular weight excluding hydrogens is 224 g/mol. The van der Waals surface area contributed by atoms with Crippen molar-refractivity contribution in [2.24, 2.45) is 0 Å². The van der Waals surface area contributed by atoms with Crippen LogP contribution in [0.5, 0.6) is 0 Å². The largest absolute Gasteiger partial charge is 0.392 e. The molecule has 0 unspecified atom stereocenters. The summed E-state index contributed by atoms with van der Waals surface area (Å²) in [6, 6.07) is 6.81. The van der Waals surface area contributed by atoms with Crippen molar-refractivity contribution in [3.63, 3.8) is 0 Å². The first kappa shape index (κ1) is 11.6. The van der Waals surface area contributed by atoms with Crippen LogP contribution in [0, 0.1) is 6.92 Å². The lowest BCUT2D eigenvalue weighted by molar-refractivity contribution is 0.185. The third-order valence-corrected chi connectivity index (χ3v) is 5.44. The number of hydrogen-bond acceptors (Lipinski definition) is 3. The molecule has 4 heteroatoms. The van der Waals surface area contributed by atoms with Gasteiger partial charge in [0.2, 0.25) is 0 Å². The first-order valence-corrected chi connectivity index (χ1v) is 7.05. The fourth-order valence-corrected chi connectivity index (χ4v) is 4.06. The van der Waals surface area contributed by atoms with Gasteiger partial charge in [0.25, 0.3) is 0 Å². The van der Waals surface area contributed by atoms with E-state index in [9.17, 15) is 13.5 Å². The Morgan fingerprint density at radius 1 is 1.19 bits per heavy atom. The molecule has 1 aliphatic rings. The molecule has 1 saturated carbocycles. The van der Waals surface area contributed by atoms with Crippen LogP contribution in [0.2, 0.25) is 0 Å². The molecule has 1 fully saturated rings.